The predicted molar refractivity (Wildman–Crippen MR) is 111 cm³/mol. The normalized spacial score (nSPS) is 28.2. The average Bonchev–Trinajstić information content (AvgIpc) is 3.25. The van der Waals surface area contributed by atoms with Gasteiger partial charge >= 0.3 is 0 Å². The SMILES string of the molecule is CC1CCC(C2CC=C(COc3ccc(OC4CCCC4)c(F)c3F)CC2)CC1. The van der Waals surface area contributed by atoms with E-state index in [1.807, 2.05) is 0 Å². The summed E-state index contributed by atoms with van der Waals surface area (Å²) in [5.74, 6) is 0.648. The highest BCUT2D eigenvalue weighted by atomic mass is 19.2. The van der Waals surface area contributed by atoms with Crippen molar-refractivity contribution in [3.8, 4) is 11.5 Å². The van der Waals surface area contributed by atoms with E-state index in [4.69, 9.17) is 9.47 Å². The lowest BCUT2D eigenvalue weighted by atomic mass is 9.72. The maximum absolute atomic E-state index is 14.4. The minimum atomic E-state index is -0.939. The summed E-state index contributed by atoms with van der Waals surface area (Å²) in [5, 5.41) is 0. The summed E-state index contributed by atoms with van der Waals surface area (Å²) in [7, 11) is 0. The van der Waals surface area contributed by atoms with Crippen LogP contribution in [0.1, 0.15) is 77.6 Å². The summed E-state index contributed by atoms with van der Waals surface area (Å²) in [6.07, 6.45) is 15.0. The number of benzene rings is 1. The van der Waals surface area contributed by atoms with Gasteiger partial charge in [-0.05, 0) is 93.2 Å². The minimum absolute atomic E-state index is 0.00303. The molecule has 4 rings (SSSR count). The molecule has 0 radical (unpaired) electrons. The molecule has 3 aliphatic rings. The molecule has 4 heteroatoms. The van der Waals surface area contributed by atoms with E-state index in [9.17, 15) is 8.78 Å². The number of hydrogen-bond donors (Lipinski definition) is 0. The van der Waals surface area contributed by atoms with Crippen LogP contribution in [0.15, 0.2) is 23.8 Å². The first kappa shape index (κ1) is 20.7. The molecule has 3 aliphatic carbocycles. The van der Waals surface area contributed by atoms with Gasteiger partial charge in [-0.3, -0.25) is 0 Å². The second-order valence-electron chi connectivity index (χ2n) is 9.42. The standard InChI is InChI=1S/C25H34F2O2/c1-17-6-10-19(11-7-17)20-12-8-18(9-13-20)16-28-22-14-15-23(25(27)24(22)26)29-21-4-2-3-5-21/h8,14-15,17,19-21H,2-7,9-13,16H2,1H3. The molecule has 2 nitrogen and oxygen atoms in total. The highest BCUT2D eigenvalue weighted by Crippen LogP contribution is 2.39. The quantitative estimate of drug-likeness (QED) is 0.466. The number of rotatable bonds is 6. The van der Waals surface area contributed by atoms with Gasteiger partial charge in [-0.1, -0.05) is 25.8 Å². The number of hydrogen-bond acceptors (Lipinski definition) is 2. The van der Waals surface area contributed by atoms with Crippen LogP contribution in [-0.2, 0) is 0 Å². The van der Waals surface area contributed by atoms with Crippen molar-refractivity contribution < 1.29 is 18.3 Å². The average molecular weight is 405 g/mol. The predicted octanol–water partition coefficient (Wildman–Crippen LogP) is 7.22. The van der Waals surface area contributed by atoms with E-state index in [-0.39, 0.29) is 17.6 Å². The molecule has 1 aromatic carbocycles. The Labute approximate surface area is 173 Å². The summed E-state index contributed by atoms with van der Waals surface area (Å²) < 4.78 is 40.1. The molecule has 1 atom stereocenters. The van der Waals surface area contributed by atoms with Crippen LogP contribution in [0.3, 0.4) is 0 Å². The lowest BCUT2D eigenvalue weighted by Gasteiger charge is -2.34. The van der Waals surface area contributed by atoms with Gasteiger partial charge in [0.15, 0.2) is 11.5 Å². The van der Waals surface area contributed by atoms with Crippen molar-refractivity contribution in [2.75, 3.05) is 6.61 Å². The van der Waals surface area contributed by atoms with E-state index in [2.05, 4.69) is 13.0 Å². The maximum atomic E-state index is 14.4. The smallest absolute Gasteiger partial charge is 0.204 e. The highest BCUT2D eigenvalue weighted by molar-refractivity contribution is 5.35. The molecule has 2 saturated carbocycles. The number of ether oxygens (including phenoxy) is 2. The first-order valence-corrected chi connectivity index (χ1v) is 11.6. The van der Waals surface area contributed by atoms with E-state index in [0.717, 1.165) is 56.3 Å². The highest BCUT2D eigenvalue weighted by Gasteiger charge is 2.27. The lowest BCUT2D eigenvalue weighted by molar-refractivity contribution is 0.194. The molecular formula is C25H34F2O2. The Kier molecular flexibility index (Phi) is 6.77. The summed E-state index contributed by atoms with van der Waals surface area (Å²) in [6.45, 7) is 2.70. The molecule has 0 saturated heterocycles. The Morgan fingerprint density at radius 2 is 1.55 bits per heavy atom. The van der Waals surface area contributed by atoms with Crippen LogP contribution in [-0.4, -0.2) is 12.7 Å². The molecule has 1 unspecified atom stereocenters. The van der Waals surface area contributed by atoms with Crippen molar-refractivity contribution in [3.05, 3.63) is 35.4 Å². The zero-order valence-electron chi connectivity index (χ0n) is 17.6. The van der Waals surface area contributed by atoms with Gasteiger partial charge in [0.1, 0.15) is 6.61 Å². The topological polar surface area (TPSA) is 18.5 Å². The third kappa shape index (κ3) is 5.13. The van der Waals surface area contributed by atoms with Crippen molar-refractivity contribution >= 4 is 0 Å². The van der Waals surface area contributed by atoms with Crippen molar-refractivity contribution in [1.29, 1.82) is 0 Å². The summed E-state index contributed by atoms with van der Waals surface area (Å²) in [5.41, 5.74) is 1.21. The Balaban J connectivity index is 1.29. The molecule has 0 heterocycles. The van der Waals surface area contributed by atoms with Crippen LogP contribution in [0.5, 0.6) is 11.5 Å². The third-order valence-electron chi connectivity index (χ3n) is 7.29. The second-order valence-corrected chi connectivity index (χ2v) is 9.42. The molecule has 0 amide bonds. The number of allylic oxidation sites excluding steroid dienone is 1. The van der Waals surface area contributed by atoms with Gasteiger partial charge in [0.05, 0.1) is 6.10 Å². The first-order valence-electron chi connectivity index (χ1n) is 11.6. The second kappa shape index (κ2) is 9.49. The third-order valence-corrected chi connectivity index (χ3v) is 7.29. The molecule has 0 aromatic heterocycles. The number of halogens is 2. The molecule has 0 spiro atoms. The van der Waals surface area contributed by atoms with Crippen molar-refractivity contribution in [2.45, 2.75) is 83.7 Å². The van der Waals surface area contributed by atoms with E-state index in [0.29, 0.717) is 6.61 Å². The summed E-state index contributed by atoms with van der Waals surface area (Å²) in [4.78, 5) is 0. The van der Waals surface area contributed by atoms with Gasteiger partial charge in [0, 0.05) is 0 Å². The Morgan fingerprint density at radius 1 is 0.862 bits per heavy atom. The zero-order chi connectivity index (χ0) is 20.2. The van der Waals surface area contributed by atoms with Gasteiger partial charge in [0.25, 0.3) is 0 Å². The van der Waals surface area contributed by atoms with Gasteiger partial charge in [-0.15, -0.1) is 0 Å². The van der Waals surface area contributed by atoms with Gasteiger partial charge in [-0.25, -0.2) is 0 Å². The Hall–Kier alpha value is -1.58. The van der Waals surface area contributed by atoms with Crippen LogP contribution in [0.25, 0.3) is 0 Å². The monoisotopic (exact) mass is 404 g/mol. The lowest BCUT2D eigenvalue weighted by Crippen LogP contribution is -2.23. The van der Waals surface area contributed by atoms with Crippen molar-refractivity contribution in [3.63, 3.8) is 0 Å². The molecule has 2 fully saturated rings. The van der Waals surface area contributed by atoms with Crippen LogP contribution in [0.4, 0.5) is 8.78 Å². The molecule has 0 N–H and O–H groups in total. The van der Waals surface area contributed by atoms with Crippen molar-refractivity contribution in [1.82, 2.24) is 0 Å². The van der Waals surface area contributed by atoms with E-state index >= 15 is 0 Å². The molecule has 160 valence electrons. The fraction of sp³-hybridized carbons (Fsp3) is 0.680. The van der Waals surface area contributed by atoms with E-state index in [1.54, 1.807) is 0 Å². The summed E-state index contributed by atoms with van der Waals surface area (Å²) >= 11 is 0. The van der Waals surface area contributed by atoms with Gasteiger partial charge in [-0.2, -0.15) is 8.78 Å². The molecule has 0 bridgehead atoms. The Bertz CT molecular complexity index is 716. The molecule has 29 heavy (non-hydrogen) atoms. The summed E-state index contributed by atoms with van der Waals surface area (Å²) in [6, 6.07) is 3.00. The van der Waals surface area contributed by atoms with Crippen LogP contribution in [0, 0.1) is 29.4 Å². The first-order chi connectivity index (χ1) is 14.1. The van der Waals surface area contributed by atoms with Crippen molar-refractivity contribution in [2.24, 2.45) is 17.8 Å². The fourth-order valence-corrected chi connectivity index (χ4v) is 5.30. The molecular weight excluding hydrogens is 370 g/mol. The van der Waals surface area contributed by atoms with Crippen LogP contribution >= 0.6 is 0 Å². The molecule has 1 aromatic rings. The van der Waals surface area contributed by atoms with E-state index in [1.165, 1.54) is 49.8 Å². The van der Waals surface area contributed by atoms with Gasteiger partial charge < -0.3 is 9.47 Å². The maximum Gasteiger partial charge on any atom is 0.204 e. The fourth-order valence-electron chi connectivity index (χ4n) is 5.30. The largest absolute Gasteiger partial charge is 0.487 e. The van der Waals surface area contributed by atoms with Crippen LogP contribution < -0.4 is 9.47 Å². The Morgan fingerprint density at radius 3 is 2.24 bits per heavy atom. The van der Waals surface area contributed by atoms with Crippen LogP contribution in [0.2, 0.25) is 0 Å². The van der Waals surface area contributed by atoms with E-state index < -0.39 is 11.6 Å². The minimum Gasteiger partial charge on any atom is -0.487 e. The molecule has 0 aliphatic heterocycles. The van der Waals surface area contributed by atoms with Gasteiger partial charge in [0.2, 0.25) is 11.6 Å². The zero-order valence-corrected chi connectivity index (χ0v) is 17.6.